The zero-order valence-corrected chi connectivity index (χ0v) is 20.7. The molecular formula is C28H39N3O3. The van der Waals surface area contributed by atoms with Gasteiger partial charge in [-0.15, -0.1) is 0 Å². The molecule has 0 spiro atoms. The number of benzene rings is 2. The van der Waals surface area contributed by atoms with E-state index in [1.54, 1.807) is 14.2 Å². The second-order valence-electron chi connectivity index (χ2n) is 9.63. The number of hydrogen-bond donors (Lipinski definition) is 1. The van der Waals surface area contributed by atoms with Crippen molar-refractivity contribution in [1.82, 2.24) is 15.1 Å². The lowest BCUT2D eigenvalue weighted by molar-refractivity contribution is -0.123. The van der Waals surface area contributed by atoms with Crippen LogP contribution in [0.3, 0.4) is 0 Å². The Hall–Kier alpha value is -2.57. The third-order valence-corrected chi connectivity index (χ3v) is 7.28. The predicted molar refractivity (Wildman–Crippen MR) is 135 cm³/mol. The molecule has 0 unspecified atom stereocenters. The Morgan fingerprint density at radius 3 is 1.82 bits per heavy atom. The smallest absolute Gasteiger partial charge is 0.234 e. The number of nitrogens with zero attached hydrogens (tertiary/aromatic N) is 2. The number of carbonyl (C=O) groups excluding carboxylic acids is 1. The summed E-state index contributed by atoms with van der Waals surface area (Å²) >= 11 is 0. The summed E-state index contributed by atoms with van der Waals surface area (Å²) in [6, 6.07) is 15.6. The van der Waals surface area contributed by atoms with Gasteiger partial charge in [0, 0.05) is 32.7 Å². The molecule has 1 aliphatic heterocycles. The number of carbonyl (C=O) groups is 1. The summed E-state index contributed by atoms with van der Waals surface area (Å²) < 4.78 is 10.6. The van der Waals surface area contributed by atoms with Gasteiger partial charge in [-0.05, 0) is 54.2 Å². The highest BCUT2D eigenvalue weighted by molar-refractivity contribution is 5.79. The van der Waals surface area contributed by atoms with Crippen LogP contribution in [0.4, 0.5) is 0 Å². The zero-order valence-electron chi connectivity index (χ0n) is 20.7. The minimum atomic E-state index is -0.225. The Kier molecular flexibility index (Phi) is 8.83. The van der Waals surface area contributed by atoms with Crippen LogP contribution in [0.25, 0.3) is 0 Å². The fourth-order valence-corrected chi connectivity index (χ4v) is 5.23. The maximum atomic E-state index is 13.1. The third-order valence-electron chi connectivity index (χ3n) is 7.28. The molecule has 2 aromatic rings. The van der Waals surface area contributed by atoms with E-state index < -0.39 is 0 Å². The van der Waals surface area contributed by atoms with Crippen molar-refractivity contribution in [3.63, 3.8) is 0 Å². The number of nitrogens with one attached hydrogen (secondary N) is 1. The lowest BCUT2D eigenvalue weighted by atomic mass is 9.89. The van der Waals surface area contributed by atoms with Crippen LogP contribution in [0, 0.1) is 5.92 Å². The van der Waals surface area contributed by atoms with E-state index in [9.17, 15) is 4.79 Å². The first kappa shape index (κ1) is 24.6. The van der Waals surface area contributed by atoms with E-state index >= 15 is 0 Å². The van der Waals surface area contributed by atoms with Gasteiger partial charge in [-0.3, -0.25) is 9.69 Å². The predicted octanol–water partition coefficient (Wildman–Crippen LogP) is 4.11. The molecule has 184 valence electrons. The number of methoxy groups -OCH3 is 2. The van der Waals surface area contributed by atoms with Gasteiger partial charge in [0.25, 0.3) is 0 Å². The topological polar surface area (TPSA) is 54.0 Å². The van der Waals surface area contributed by atoms with Crippen LogP contribution >= 0.6 is 0 Å². The van der Waals surface area contributed by atoms with Crippen LogP contribution in [0.2, 0.25) is 0 Å². The van der Waals surface area contributed by atoms with Gasteiger partial charge in [0.1, 0.15) is 11.5 Å². The van der Waals surface area contributed by atoms with Crippen LogP contribution < -0.4 is 14.8 Å². The van der Waals surface area contributed by atoms with Crippen molar-refractivity contribution in [3.05, 3.63) is 59.7 Å². The normalized spacial score (nSPS) is 18.1. The molecule has 1 heterocycles. The summed E-state index contributed by atoms with van der Waals surface area (Å²) in [4.78, 5) is 18.0. The monoisotopic (exact) mass is 465 g/mol. The first-order chi connectivity index (χ1) is 16.6. The second kappa shape index (κ2) is 12.2. The number of ether oxygens (including phenoxy) is 2. The Labute approximate surface area is 204 Å². The van der Waals surface area contributed by atoms with Crippen molar-refractivity contribution < 1.29 is 14.3 Å². The molecule has 1 amide bonds. The van der Waals surface area contributed by atoms with Crippen LogP contribution in [0.15, 0.2) is 48.5 Å². The molecule has 1 saturated heterocycles. The van der Waals surface area contributed by atoms with Gasteiger partial charge in [-0.1, -0.05) is 43.5 Å². The van der Waals surface area contributed by atoms with Gasteiger partial charge in [0.05, 0.1) is 26.8 Å². The first-order valence-corrected chi connectivity index (χ1v) is 12.7. The van der Waals surface area contributed by atoms with E-state index in [4.69, 9.17) is 9.47 Å². The summed E-state index contributed by atoms with van der Waals surface area (Å²) in [6.07, 6.45) is 6.98. The molecule has 6 heteroatoms. The average molecular weight is 466 g/mol. The molecule has 0 aromatic heterocycles. The summed E-state index contributed by atoms with van der Waals surface area (Å²) in [6.45, 7) is 5.69. The highest BCUT2D eigenvalue weighted by atomic mass is 16.5. The molecule has 0 radical (unpaired) electrons. The SMILES string of the molecule is COc1ccc(C(NC(=O)CN2CCN(CC3CCCCC3)CC2)c2ccc(OC)cc2)cc1. The number of piperazine rings is 1. The molecule has 1 aliphatic carbocycles. The summed E-state index contributed by atoms with van der Waals surface area (Å²) in [5.41, 5.74) is 2.05. The molecule has 1 saturated carbocycles. The third kappa shape index (κ3) is 6.73. The summed E-state index contributed by atoms with van der Waals surface area (Å²) in [5, 5.41) is 3.27. The average Bonchev–Trinajstić information content (AvgIpc) is 2.89. The Morgan fingerprint density at radius 1 is 0.824 bits per heavy atom. The number of hydrogen-bond acceptors (Lipinski definition) is 5. The molecular weight excluding hydrogens is 426 g/mol. The van der Waals surface area contributed by atoms with Crippen LogP contribution in [-0.4, -0.2) is 69.2 Å². The minimum absolute atomic E-state index is 0.0531. The molecule has 34 heavy (non-hydrogen) atoms. The maximum Gasteiger partial charge on any atom is 0.234 e. The molecule has 4 rings (SSSR count). The minimum Gasteiger partial charge on any atom is -0.497 e. The molecule has 0 bridgehead atoms. The van der Waals surface area contributed by atoms with Crippen molar-refractivity contribution in [2.24, 2.45) is 5.92 Å². The standard InChI is InChI=1S/C28H39N3O3/c1-33-25-12-8-23(9-13-25)28(24-10-14-26(34-2)15-11-24)29-27(32)21-31-18-16-30(17-19-31)20-22-6-4-3-5-7-22/h8-15,22,28H,3-7,16-21H2,1-2H3,(H,29,32). The van der Waals surface area contributed by atoms with E-state index in [1.165, 1.54) is 38.6 Å². The van der Waals surface area contributed by atoms with Gasteiger partial charge >= 0.3 is 0 Å². The Balaban J connectivity index is 1.34. The highest BCUT2D eigenvalue weighted by Gasteiger charge is 2.24. The van der Waals surface area contributed by atoms with E-state index in [-0.39, 0.29) is 11.9 Å². The molecule has 6 nitrogen and oxygen atoms in total. The maximum absolute atomic E-state index is 13.1. The van der Waals surface area contributed by atoms with E-state index in [2.05, 4.69) is 15.1 Å². The van der Waals surface area contributed by atoms with Crippen LogP contribution in [0.1, 0.15) is 49.3 Å². The quantitative estimate of drug-likeness (QED) is 0.604. The van der Waals surface area contributed by atoms with Crippen molar-refractivity contribution in [2.45, 2.75) is 38.1 Å². The fraction of sp³-hybridized carbons (Fsp3) is 0.536. The van der Waals surface area contributed by atoms with Gasteiger partial charge < -0.3 is 19.7 Å². The zero-order chi connectivity index (χ0) is 23.8. The molecule has 0 atom stereocenters. The van der Waals surface area contributed by atoms with Crippen molar-refractivity contribution >= 4 is 5.91 Å². The van der Waals surface area contributed by atoms with Crippen molar-refractivity contribution in [2.75, 3.05) is 53.5 Å². The lowest BCUT2D eigenvalue weighted by Gasteiger charge is -2.37. The number of rotatable bonds is 9. The highest BCUT2D eigenvalue weighted by Crippen LogP contribution is 2.27. The van der Waals surface area contributed by atoms with E-state index in [1.807, 2.05) is 48.5 Å². The van der Waals surface area contributed by atoms with Crippen LogP contribution in [-0.2, 0) is 4.79 Å². The Bertz CT molecular complexity index is 839. The van der Waals surface area contributed by atoms with Crippen molar-refractivity contribution in [3.8, 4) is 11.5 Å². The Morgan fingerprint density at radius 2 is 1.32 bits per heavy atom. The molecule has 2 aromatic carbocycles. The van der Waals surface area contributed by atoms with Crippen molar-refractivity contribution in [1.29, 1.82) is 0 Å². The molecule has 2 aliphatic rings. The largest absolute Gasteiger partial charge is 0.497 e. The second-order valence-corrected chi connectivity index (χ2v) is 9.63. The molecule has 2 fully saturated rings. The van der Waals surface area contributed by atoms with Gasteiger partial charge in [0.2, 0.25) is 5.91 Å². The summed E-state index contributed by atoms with van der Waals surface area (Å²) in [5.74, 6) is 2.53. The molecule has 1 N–H and O–H groups in total. The van der Waals surface area contributed by atoms with Gasteiger partial charge in [-0.25, -0.2) is 0 Å². The van der Waals surface area contributed by atoms with E-state index in [0.29, 0.717) is 6.54 Å². The lowest BCUT2D eigenvalue weighted by Crippen LogP contribution is -2.50. The van der Waals surface area contributed by atoms with E-state index in [0.717, 1.165) is 54.7 Å². The van der Waals surface area contributed by atoms with Crippen LogP contribution in [0.5, 0.6) is 11.5 Å². The first-order valence-electron chi connectivity index (χ1n) is 12.7. The summed E-state index contributed by atoms with van der Waals surface area (Å²) in [7, 11) is 3.32. The number of amides is 1. The fourth-order valence-electron chi connectivity index (χ4n) is 5.23. The van der Waals surface area contributed by atoms with Gasteiger partial charge in [-0.2, -0.15) is 0 Å². The van der Waals surface area contributed by atoms with Gasteiger partial charge in [0.15, 0.2) is 0 Å².